The number of nitrogens with one attached hydrogen (secondary N) is 2. The molecule has 1 amide bonds. The van der Waals surface area contributed by atoms with Gasteiger partial charge in [-0.3, -0.25) is 13.9 Å². The third kappa shape index (κ3) is 3.61. The van der Waals surface area contributed by atoms with Crippen LogP contribution in [0.2, 0.25) is 0 Å². The number of rotatable bonds is 3. The van der Waals surface area contributed by atoms with E-state index in [0.29, 0.717) is 24.4 Å². The number of aromatic amines is 1. The minimum atomic E-state index is -0.562. The van der Waals surface area contributed by atoms with Gasteiger partial charge in [-0.2, -0.15) is 0 Å². The lowest BCUT2D eigenvalue weighted by molar-refractivity contribution is 0.0528. The number of amides is 1. The van der Waals surface area contributed by atoms with Gasteiger partial charge in [0.2, 0.25) is 0 Å². The smallest absolute Gasteiger partial charge is 0.407 e. The number of carbonyl (C=O) groups is 1. The molecule has 9 heteroatoms. The minimum Gasteiger partial charge on any atom is -0.444 e. The van der Waals surface area contributed by atoms with E-state index in [9.17, 15) is 14.4 Å². The molecule has 2 aromatic rings. The first-order valence-electron chi connectivity index (χ1n) is 7.21. The minimum absolute atomic E-state index is 0.266. The highest BCUT2D eigenvalue weighted by Gasteiger charge is 2.16. The number of ether oxygens (including phenoxy) is 1. The zero-order valence-electron chi connectivity index (χ0n) is 13.9. The van der Waals surface area contributed by atoms with Crippen LogP contribution in [-0.4, -0.2) is 37.3 Å². The summed E-state index contributed by atoms with van der Waals surface area (Å²) in [4.78, 5) is 42.6. The maximum Gasteiger partial charge on any atom is 0.407 e. The average Bonchev–Trinajstić information content (AvgIpc) is 2.85. The first kappa shape index (κ1) is 16.8. The predicted molar refractivity (Wildman–Crippen MR) is 84.5 cm³/mol. The van der Waals surface area contributed by atoms with Crippen molar-refractivity contribution in [3.05, 3.63) is 26.7 Å². The maximum absolute atomic E-state index is 12.0. The van der Waals surface area contributed by atoms with Crippen LogP contribution in [0.25, 0.3) is 11.2 Å². The van der Waals surface area contributed by atoms with Crippen LogP contribution in [0.1, 0.15) is 26.6 Å². The first-order valence-corrected chi connectivity index (χ1v) is 7.21. The van der Waals surface area contributed by atoms with Crippen molar-refractivity contribution in [2.24, 2.45) is 14.1 Å². The van der Waals surface area contributed by atoms with E-state index in [-0.39, 0.29) is 5.52 Å². The van der Waals surface area contributed by atoms with Crippen molar-refractivity contribution in [3.63, 3.8) is 0 Å². The average molecular weight is 323 g/mol. The van der Waals surface area contributed by atoms with Crippen LogP contribution in [0.3, 0.4) is 0 Å². The monoisotopic (exact) mass is 323 g/mol. The van der Waals surface area contributed by atoms with Crippen LogP contribution < -0.4 is 16.6 Å². The first-order chi connectivity index (χ1) is 10.6. The summed E-state index contributed by atoms with van der Waals surface area (Å²) in [6.45, 7) is 5.63. The van der Waals surface area contributed by atoms with Crippen molar-refractivity contribution >= 4 is 17.3 Å². The number of hydrogen-bond donors (Lipinski definition) is 2. The van der Waals surface area contributed by atoms with E-state index < -0.39 is 22.9 Å². The molecule has 0 aromatic carbocycles. The highest BCUT2D eigenvalue weighted by molar-refractivity contribution is 5.70. The summed E-state index contributed by atoms with van der Waals surface area (Å²) < 4.78 is 7.45. The Labute approximate surface area is 132 Å². The van der Waals surface area contributed by atoms with Gasteiger partial charge in [-0.15, -0.1) is 0 Å². The summed E-state index contributed by atoms with van der Waals surface area (Å²) in [5, 5.41) is 2.61. The van der Waals surface area contributed by atoms with Gasteiger partial charge >= 0.3 is 11.8 Å². The second kappa shape index (κ2) is 5.90. The number of carbonyl (C=O) groups excluding carboxylic acids is 1. The molecule has 126 valence electrons. The van der Waals surface area contributed by atoms with E-state index in [2.05, 4.69) is 15.3 Å². The van der Waals surface area contributed by atoms with E-state index in [4.69, 9.17) is 4.74 Å². The molecule has 0 spiro atoms. The van der Waals surface area contributed by atoms with Gasteiger partial charge < -0.3 is 15.0 Å². The van der Waals surface area contributed by atoms with Crippen molar-refractivity contribution < 1.29 is 9.53 Å². The Kier molecular flexibility index (Phi) is 4.31. The van der Waals surface area contributed by atoms with Gasteiger partial charge in [-0.05, 0) is 20.8 Å². The van der Waals surface area contributed by atoms with Gasteiger partial charge in [0.1, 0.15) is 16.9 Å². The Morgan fingerprint density at radius 2 is 1.91 bits per heavy atom. The SMILES string of the molecule is Cn1c(=O)c2[nH]c(CCNC(=O)OC(C)(C)C)nc2n(C)c1=O. The molecule has 2 rings (SSSR count). The number of imidazole rings is 1. The fraction of sp³-hybridized carbons (Fsp3) is 0.571. The van der Waals surface area contributed by atoms with Crippen LogP contribution in [-0.2, 0) is 25.3 Å². The van der Waals surface area contributed by atoms with Crippen LogP contribution in [0, 0.1) is 0 Å². The molecule has 9 nitrogen and oxygen atoms in total. The summed E-state index contributed by atoms with van der Waals surface area (Å²) >= 11 is 0. The Bertz CT molecular complexity index is 853. The van der Waals surface area contributed by atoms with Gasteiger partial charge in [0, 0.05) is 27.1 Å². The quantitative estimate of drug-likeness (QED) is 0.827. The largest absolute Gasteiger partial charge is 0.444 e. The molecule has 0 atom stereocenters. The summed E-state index contributed by atoms with van der Waals surface area (Å²) in [5.41, 5.74) is -0.866. The third-order valence-electron chi connectivity index (χ3n) is 3.17. The van der Waals surface area contributed by atoms with Crippen molar-refractivity contribution in [3.8, 4) is 0 Å². The highest BCUT2D eigenvalue weighted by Crippen LogP contribution is 2.07. The molecule has 2 N–H and O–H groups in total. The van der Waals surface area contributed by atoms with Gasteiger partial charge in [-0.25, -0.2) is 14.6 Å². The molecule has 0 fully saturated rings. The molecule has 0 aliphatic rings. The topological polar surface area (TPSA) is 111 Å². The molecule has 0 unspecified atom stereocenters. The summed E-state index contributed by atoms with van der Waals surface area (Å²) in [6.07, 6.45) is -0.137. The number of fused-ring (bicyclic) bond motifs is 1. The third-order valence-corrected chi connectivity index (χ3v) is 3.17. The summed E-state index contributed by atoms with van der Waals surface area (Å²) in [6, 6.07) is 0. The Hall–Kier alpha value is -2.58. The molecule has 0 aliphatic carbocycles. The number of aromatic nitrogens is 4. The van der Waals surface area contributed by atoms with Crippen LogP contribution in [0.15, 0.2) is 9.59 Å². The van der Waals surface area contributed by atoms with E-state index in [1.165, 1.54) is 11.6 Å². The van der Waals surface area contributed by atoms with E-state index in [0.717, 1.165) is 4.57 Å². The van der Waals surface area contributed by atoms with Crippen LogP contribution in [0.5, 0.6) is 0 Å². The molecule has 0 radical (unpaired) electrons. The fourth-order valence-electron chi connectivity index (χ4n) is 2.09. The standard InChI is InChI=1S/C14H21N5O4/c1-14(2,3)23-12(21)15-7-6-8-16-9-10(17-8)18(4)13(22)19(5)11(9)20/h6-7H2,1-5H3,(H,15,21)(H,16,17). The van der Waals surface area contributed by atoms with Gasteiger partial charge in [0.05, 0.1) is 0 Å². The van der Waals surface area contributed by atoms with Crippen molar-refractivity contribution in [2.75, 3.05) is 6.54 Å². The van der Waals surface area contributed by atoms with Crippen molar-refractivity contribution in [1.29, 1.82) is 0 Å². The van der Waals surface area contributed by atoms with Gasteiger partial charge in [0.15, 0.2) is 5.65 Å². The lowest BCUT2D eigenvalue weighted by atomic mass is 10.2. The van der Waals surface area contributed by atoms with Crippen molar-refractivity contribution in [1.82, 2.24) is 24.4 Å². The zero-order valence-corrected chi connectivity index (χ0v) is 13.9. The molecule has 2 aromatic heterocycles. The molecule has 0 aliphatic heterocycles. The number of aryl methyl sites for hydroxylation is 1. The second-order valence-corrected chi connectivity index (χ2v) is 6.27. The number of H-pyrrole nitrogens is 1. The van der Waals surface area contributed by atoms with Gasteiger partial charge in [0.25, 0.3) is 5.56 Å². The normalized spacial score (nSPS) is 11.7. The molecule has 0 saturated heterocycles. The molecular formula is C14H21N5O4. The number of hydrogen-bond acceptors (Lipinski definition) is 5. The number of nitrogens with zero attached hydrogens (tertiary/aromatic N) is 3. The Balaban J connectivity index is 2.13. The Morgan fingerprint density at radius 1 is 1.26 bits per heavy atom. The van der Waals surface area contributed by atoms with Crippen LogP contribution >= 0.6 is 0 Å². The molecule has 2 heterocycles. The zero-order chi connectivity index (χ0) is 17.4. The van der Waals surface area contributed by atoms with E-state index >= 15 is 0 Å². The van der Waals surface area contributed by atoms with E-state index in [1.807, 2.05) is 0 Å². The lowest BCUT2D eigenvalue weighted by Gasteiger charge is -2.19. The molecule has 23 heavy (non-hydrogen) atoms. The lowest BCUT2D eigenvalue weighted by Crippen LogP contribution is -2.36. The van der Waals surface area contributed by atoms with E-state index in [1.54, 1.807) is 27.8 Å². The Morgan fingerprint density at radius 3 is 2.52 bits per heavy atom. The summed E-state index contributed by atoms with van der Waals surface area (Å²) in [7, 11) is 2.96. The maximum atomic E-state index is 12.0. The second-order valence-electron chi connectivity index (χ2n) is 6.27. The number of alkyl carbamates (subject to hydrolysis) is 1. The van der Waals surface area contributed by atoms with Crippen molar-refractivity contribution in [2.45, 2.75) is 32.8 Å². The predicted octanol–water partition coefficient (Wildman–Crippen LogP) is 0.0275. The van der Waals surface area contributed by atoms with Gasteiger partial charge in [-0.1, -0.05) is 0 Å². The highest BCUT2D eigenvalue weighted by atomic mass is 16.6. The molecule has 0 bridgehead atoms. The molecular weight excluding hydrogens is 302 g/mol. The molecule has 0 saturated carbocycles. The summed E-state index contributed by atoms with van der Waals surface area (Å²) in [5.74, 6) is 0.509. The fourth-order valence-corrected chi connectivity index (χ4v) is 2.09. The van der Waals surface area contributed by atoms with Crippen LogP contribution in [0.4, 0.5) is 4.79 Å².